The molecule has 1 aromatic rings. The van der Waals surface area contributed by atoms with Crippen LogP contribution in [0, 0.1) is 0 Å². The summed E-state index contributed by atoms with van der Waals surface area (Å²) in [5.41, 5.74) is 1.30. The lowest BCUT2D eigenvalue weighted by molar-refractivity contribution is -0.119. The summed E-state index contributed by atoms with van der Waals surface area (Å²) in [4.78, 5) is 11.2. The first-order valence-electron chi connectivity index (χ1n) is 8.77. The van der Waals surface area contributed by atoms with Gasteiger partial charge < -0.3 is 14.8 Å². The normalized spacial score (nSPS) is 24.6. The van der Waals surface area contributed by atoms with Crippen LogP contribution in [-0.2, 0) is 4.79 Å². The molecule has 126 valence electrons. The highest BCUT2D eigenvalue weighted by molar-refractivity contribution is 5.73. The zero-order valence-electron chi connectivity index (χ0n) is 14.1. The molecule has 2 aliphatic carbocycles. The maximum atomic E-state index is 11.2. The van der Waals surface area contributed by atoms with E-state index < -0.39 is 0 Å². The number of nitrogens with one attached hydrogen (secondary N) is 1. The zero-order chi connectivity index (χ0) is 16.2. The van der Waals surface area contributed by atoms with Crippen LogP contribution in [0.1, 0.15) is 63.4 Å². The monoisotopic (exact) mass is 317 g/mol. The molecular formula is C19H27NO3. The minimum atomic E-state index is 0.0654. The van der Waals surface area contributed by atoms with Crippen LogP contribution in [-0.4, -0.2) is 25.2 Å². The Morgan fingerprint density at radius 3 is 2.61 bits per heavy atom. The molecule has 0 aliphatic heterocycles. The van der Waals surface area contributed by atoms with Gasteiger partial charge in [-0.15, -0.1) is 0 Å². The van der Waals surface area contributed by atoms with Gasteiger partial charge in [-0.25, -0.2) is 0 Å². The van der Waals surface area contributed by atoms with Crippen LogP contribution in [0.4, 0.5) is 0 Å². The summed E-state index contributed by atoms with van der Waals surface area (Å²) in [7, 11) is 1.69. The lowest BCUT2D eigenvalue weighted by atomic mass is 9.97. The van der Waals surface area contributed by atoms with Crippen molar-refractivity contribution in [3.8, 4) is 11.5 Å². The van der Waals surface area contributed by atoms with Gasteiger partial charge in [0.05, 0.1) is 13.2 Å². The van der Waals surface area contributed by atoms with Crippen LogP contribution in [0.3, 0.4) is 0 Å². The molecule has 4 heteroatoms. The molecule has 1 aromatic carbocycles. The average molecular weight is 317 g/mol. The molecule has 0 aromatic heterocycles. The van der Waals surface area contributed by atoms with Crippen LogP contribution < -0.4 is 14.8 Å². The standard InChI is InChI=1S/C19H27NO3/c1-13(21)20-16-9-7-14(11-16)15-8-10-18(22-2)19(12-15)23-17-5-3-4-6-17/h8,10,12,14,16-17H,3-7,9,11H2,1-2H3,(H,20,21). The van der Waals surface area contributed by atoms with Crippen LogP contribution in [0.15, 0.2) is 18.2 Å². The van der Waals surface area contributed by atoms with Gasteiger partial charge in [-0.05, 0) is 68.6 Å². The molecule has 1 N–H and O–H groups in total. The van der Waals surface area contributed by atoms with Gasteiger partial charge in [0.15, 0.2) is 11.5 Å². The van der Waals surface area contributed by atoms with E-state index in [2.05, 4.69) is 17.4 Å². The highest BCUT2D eigenvalue weighted by Crippen LogP contribution is 2.39. The van der Waals surface area contributed by atoms with E-state index in [0.717, 1.165) is 43.6 Å². The van der Waals surface area contributed by atoms with Gasteiger partial charge in [0.2, 0.25) is 5.91 Å². The Morgan fingerprint density at radius 1 is 1.13 bits per heavy atom. The molecule has 0 saturated heterocycles. The predicted molar refractivity (Wildman–Crippen MR) is 90.1 cm³/mol. The van der Waals surface area contributed by atoms with Crippen molar-refractivity contribution in [2.45, 2.75) is 69.9 Å². The number of benzene rings is 1. The second-order valence-electron chi connectivity index (χ2n) is 6.84. The predicted octanol–water partition coefficient (Wildman–Crippen LogP) is 3.79. The Bertz CT molecular complexity index is 552. The Kier molecular flexibility index (Phi) is 5.09. The first-order valence-corrected chi connectivity index (χ1v) is 8.77. The van der Waals surface area contributed by atoms with E-state index in [0.29, 0.717) is 18.1 Å². The number of methoxy groups -OCH3 is 1. The van der Waals surface area contributed by atoms with Gasteiger partial charge in [-0.2, -0.15) is 0 Å². The van der Waals surface area contributed by atoms with Gasteiger partial charge in [0.1, 0.15) is 0 Å². The fourth-order valence-corrected chi connectivity index (χ4v) is 3.93. The summed E-state index contributed by atoms with van der Waals surface area (Å²) >= 11 is 0. The fourth-order valence-electron chi connectivity index (χ4n) is 3.93. The summed E-state index contributed by atoms with van der Waals surface area (Å²) in [6.45, 7) is 1.59. The van der Waals surface area contributed by atoms with Gasteiger partial charge >= 0.3 is 0 Å². The molecule has 0 radical (unpaired) electrons. The molecule has 2 atom stereocenters. The van der Waals surface area contributed by atoms with Crippen molar-refractivity contribution >= 4 is 5.91 Å². The van der Waals surface area contributed by atoms with Gasteiger partial charge in [-0.1, -0.05) is 6.07 Å². The number of rotatable bonds is 5. The van der Waals surface area contributed by atoms with E-state index in [1.54, 1.807) is 14.0 Å². The molecule has 23 heavy (non-hydrogen) atoms. The highest BCUT2D eigenvalue weighted by atomic mass is 16.5. The maximum Gasteiger partial charge on any atom is 0.217 e. The summed E-state index contributed by atoms with van der Waals surface area (Å²) in [6.07, 6.45) is 8.30. The number of hydrogen-bond acceptors (Lipinski definition) is 3. The molecule has 3 rings (SSSR count). The summed E-state index contributed by atoms with van der Waals surface area (Å²) < 4.78 is 11.7. The van der Waals surface area contributed by atoms with Crippen molar-refractivity contribution in [2.75, 3.05) is 7.11 Å². The van der Waals surface area contributed by atoms with Crippen molar-refractivity contribution in [3.05, 3.63) is 23.8 Å². The topological polar surface area (TPSA) is 47.6 Å². The minimum absolute atomic E-state index is 0.0654. The van der Waals surface area contributed by atoms with E-state index in [4.69, 9.17) is 9.47 Å². The quantitative estimate of drug-likeness (QED) is 0.899. The van der Waals surface area contributed by atoms with Crippen LogP contribution >= 0.6 is 0 Å². The van der Waals surface area contributed by atoms with Crippen LogP contribution in [0.5, 0.6) is 11.5 Å². The van der Waals surface area contributed by atoms with Crippen molar-refractivity contribution < 1.29 is 14.3 Å². The molecule has 0 heterocycles. The summed E-state index contributed by atoms with van der Waals surface area (Å²) in [5, 5.41) is 3.04. The van der Waals surface area contributed by atoms with E-state index in [9.17, 15) is 4.79 Å². The molecule has 1 amide bonds. The first kappa shape index (κ1) is 16.2. The molecule has 2 unspecified atom stereocenters. The third-order valence-corrected chi connectivity index (χ3v) is 5.09. The average Bonchev–Trinajstić information content (AvgIpc) is 3.18. The fraction of sp³-hybridized carbons (Fsp3) is 0.632. The lowest BCUT2D eigenvalue weighted by Gasteiger charge is -2.19. The van der Waals surface area contributed by atoms with Crippen molar-refractivity contribution in [1.82, 2.24) is 5.32 Å². The van der Waals surface area contributed by atoms with E-state index in [1.165, 1.54) is 18.4 Å². The van der Waals surface area contributed by atoms with E-state index >= 15 is 0 Å². The number of ether oxygens (including phenoxy) is 2. The van der Waals surface area contributed by atoms with Crippen LogP contribution in [0.2, 0.25) is 0 Å². The second kappa shape index (κ2) is 7.24. The number of carbonyl (C=O) groups is 1. The Hall–Kier alpha value is -1.71. The molecule has 2 fully saturated rings. The molecule has 2 aliphatic rings. The first-order chi connectivity index (χ1) is 11.2. The van der Waals surface area contributed by atoms with E-state index in [-0.39, 0.29) is 5.91 Å². The van der Waals surface area contributed by atoms with Crippen molar-refractivity contribution in [2.24, 2.45) is 0 Å². The van der Waals surface area contributed by atoms with Crippen LogP contribution in [0.25, 0.3) is 0 Å². The maximum absolute atomic E-state index is 11.2. The Balaban J connectivity index is 1.71. The van der Waals surface area contributed by atoms with Gasteiger partial charge in [0.25, 0.3) is 0 Å². The SMILES string of the molecule is COc1ccc(C2CCC(NC(C)=O)C2)cc1OC1CCCC1. The molecule has 2 saturated carbocycles. The van der Waals surface area contributed by atoms with Crippen molar-refractivity contribution in [1.29, 1.82) is 0 Å². The zero-order valence-corrected chi connectivity index (χ0v) is 14.1. The third-order valence-electron chi connectivity index (χ3n) is 5.09. The number of carbonyl (C=O) groups excluding carboxylic acids is 1. The van der Waals surface area contributed by atoms with Gasteiger partial charge in [0, 0.05) is 13.0 Å². The third kappa shape index (κ3) is 3.98. The lowest BCUT2D eigenvalue weighted by Crippen LogP contribution is -2.30. The molecule has 0 bridgehead atoms. The number of hydrogen-bond donors (Lipinski definition) is 1. The molecule has 4 nitrogen and oxygen atoms in total. The highest BCUT2D eigenvalue weighted by Gasteiger charge is 2.27. The van der Waals surface area contributed by atoms with Crippen molar-refractivity contribution in [3.63, 3.8) is 0 Å². The van der Waals surface area contributed by atoms with Gasteiger partial charge in [-0.3, -0.25) is 4.79 Å². The van der Waals surface area contributed by atoms with E-state index in [1.807, 2.05) is 6.07 Å². The number of amides is 1. The molecule has 0 spiro atoms. The summed E-state index contributed by atoms with van der Waals surface area (Å²) in [5.74, 6) is 2.25. The minimum Gasteiger partial charge on any atom is -0.493 e. The largest absolute Gasteiger partial charge is 0.493 e. The molecular weight excluding hydrogens is 290 g/mol. The Morgan fingerprint density at radius 2 is 1.91 bits per heavy atom. The smallest absolute Gasteiger partial charge is 0.217 e. The summed E-state index contributed by atoms with van der Waals surface area (Å²) in [6, 6.07) is 6.61. The Labute approximate surface area is 138 Å². The second-order valence-corrected chi connectivity index (χ2v) is 6.84.